The molecular weight excluding hydrogens is 415 g/mol. The average molecular weight is 435 g/mol. The van der Waals surface area contributed by atoms with Gasteiger partial charge >= 0.3 is 0 Å². The summed E-state index contributed by atoms with van der Waals surface area (Å²) >= 11 is 18.1. The summed E-state index contributed by atoms with van der Waals surface area (Å²) in [5, 5.41) is 4.99. The third kappa shape index (κ3) is 5.19. The molecule has 146 valence electrons. The highest BCUT2D eigenvalue weighted by Crippen LogP contribution is 2.27. The van der Waals surface area contributed by atoms with Crippen LogP contribution in [0.5, 0.6) is 5.75 Å². The predicted octanol–water partition coefficient (Wildman–Crippen LogP) is 6.30. The molecule has 0 aliphatic rings. The van der Waals surface area contributed by atoms with E-state index in [1.165, 1.54) is 0 Å². The standard InChI is InChI=1S/C21H20Cl2N2O2S/c1-14-5-8-19(20(10-14)26-2)24-21(28)25(13-17-4-3-9-27-17)12-15-6-7-16(22)11-18(15)23/h3-11H,12-13H2,1-2H3,(H,24,28). The van der Waals surface area contributed by atoms with Gasteiger partial charge in [0, 0.05) is 16.6 Å². The van der Waals surface area contributed by atoms with E-state index in [0.717, 1.165) is 28.3 Å². The maximum atomic E-state index is 6.37. The van der Waals surface area contributed by atoms with Crippen molar-refractivity contribution in [3.8, 4) is 5.75 Å². The van der Waals surface area contributed by atoms with Gasteiger partial charge in [-0.1, -0.05) is 35.3 Å². The second-order valence-corrected chi connectivity index (χ2v) is 7.54. The molecule has 0 unspecified atom stereocenters. The number of halogens is 2. The Kier molecular flexibility index (Phi) is 6.83. The zero-order valence-electron chi connectivity index (χ0n) is 15.5. The number of anilines is 1. The maximum Gasteiger partial charge on any atom is 0.174 e. The van der Waals surface area contributed by atoms with E-state index in [1.54, 1.807) is 19.4 Å². The Morgan fingerprint density at radius 3 is 2.64 bits per heavy atom. The lowest BCUT2D eigenvalue weighted by molar-refractivity contribution is 0.360. The Bertz CT molecular complexity index is 961. The van der Waals surface area contributed by atoms with E-state index in [4.69, 9.17) is 44.6 Å². The predicted molar refractivity (Wildman–Crippen MR) is 118 cm³/mol. The Morgan fingerprint density at radius 1 is 1.14 bits per heavy atom. The minimum absolute atomic E-state index is 0.492. The first-order valence-corrected chi connectivity index (χ1v) is 9.79. The number of ether oxygens (including phenoxy) is 1. The van der Waals surface area contributed by atoms with Crippen LogP contribution < -0.4 is 10.1 Å². The van der Waals surface area contributed by atoms with Crippen molar-refractivity contribution in [1.29, 1.82) is 0 Å². The summed E-state index contributed by atoms with van der Waals surface area (Å²) < 4.78 is 11.0. The summed E-state index contributed by atoms with van der Waals surface area (Å²) in [6.07, 6.45) is 1.64. The molecule has 28 heavy (non-hydrogen) atoms. The summed E-state index contributed by atoms with van der Waals surface area (Å²) in [5.74, 6) is 1.52. The van der Waals surface area contributed by atoms with Crippen molar-refractivity contribution in [2.24, 2.45) is 0 Å². The topological polar surface area (TPSA) is 37.6 Å². The summed E-state index contributed by atoms with van der Waals surface area (Å²) in [7, 11) is 1.64. The van der Waals surface area contributed by atoms with Gasteiger partial charge in [0.15, 0.2) is 5.11 Å². The fourth-order valence-corrected chi connectivity index (χ4v) is 3.45. The largest absolute Gasteiger partial charge is 0.495 e. The summed E-state index contributed by atoms with van der Waals surface area (Å²) in [5.41, 5.74) is 2.82. The molecule has 0 amide bonds. The van der Waals surface area contributed by atoms with Gasteiger partial charge in [0.2, 0.25) is 0 Å². The number of thiocarbonyl (C=S) groups is 1. The van der Waals surface area contributed by atoms with Gasteiger partial charge in [0.05, 0.1) is 25.6 Å². The third-order valence-electron chi connectivity index (χ3n) is 4.19. The van der Waals surface area contributed by atoms with Gasteiger partial charge in [-0.2, -0.15) is 0 Å². The smallest absolute Gasteiger partial charge is 0.174 e. The van der Waals surface area contributed by atoms with Gasteiger partial charge in [0.1, 0.15) is 11.5 Å². The van der Waals surface area contributed by atoms with Crippen LogP contribution in [0, 0.1) is 6.92 Å². The molecule has 0 aliphatic carbocycles. The molecule has 3 aromatic rings. The molecular formula is C21H20Cl2N2O2S. The molecule has 0 aliphatic heterocycles. The molecule has 1 N–H and O–H groups in total. The second kappa shape index (κ2) is 9.32. The van der Waals surface area contributed by atoms with E-state index in [9.17, 15) is 0 Å². The molecule has 2 aromatic carbocycles. The van der Waals surface area contributed by atoms with E-state index < -0.39 is 0 Å². The van der Waals surface area contributed by atoms with Crippen molar-refractivity contribution in [2.75, 3.05) is 12.4 Å². The van der Waals surface area contributed by atoms with Crippen molar-refractivity contribution < 1.29 is 9.15 Å². The Hall–Kier alpha value is -2.21. The van der Waals surface area contributed by atoms with Crippen LogP contribution in [0.1, 0.15) is 16.9 Å². The van der Waals surface area contributed by atoms with Crippen molar-refractivity contribution in [2.45, 2.75) is 20.0 Å². The minimum atomic E-state index is 0.492. The quantitative estimate of drug-likeness (QED) is 0.460. The van der Waals surface area contributed by atoms with Crippen molar-refractivity contribution >= 4 is 46.2 Å². The molecule has 0 bridgehead atoms. The van der Waals surface area contributed by atoms with E-state index in [2.05, 4.69) is 5.32 Å². The highest BCUT2D eigenvalue weighted by atomic mass is 35.5. The number of nitrogens with one attached hydrogen (secondary N) is 1. The van der Waals surface area contributed by atoms with Crippen LogP contribution >= 0.6 is 35.4 Å². The van der Waals surface area contributed by atoms with Crippen LogP contribution in [0.15, 0.2) is 59.2 Å². The molecule has 0 radical (unpaired) electrons. The molecule has 7 heteroatoms. The monoisotopic (exact) mass is 434 g/mol. The van der Waals surface area contributed by atoms with Crippen molar-refractivity contribution in [1.82, 2.24) is 4.90 Å². The summed E-state index contributed by atoms with van der Waals surface area (Å²) in [6, 6.07) is 15.1. The first-order chi connectivity index (χ1) is 13.5. The highest BCUT2D eigenvalue weighted by molar-refractivity contribution is 7.80. The van der Waals surface area contributed by atoms with Crippen LogP contribution in [0.4, 0.5) is 5.69 Å². The van der Waals surface area contributed by atoms with E-state index in [-0.39, 0.29) is 0 Å². The number of rotatable bonds is 6. The number of benzene rings is 2. The van der Waals surface area contributed by atoms with Crippen LogP contribution in [-0.2, 0) is 13.1 Å². The molecule has 1 heterocycles. The fourth-order valence-electron chi connectivity index (χ4n) is 2.74. The zero-order valence-corrected chi connectivity index (χ0v) is 17.9. The van der Waals surface area contributed by atoms with Crippen molar-refractivity contribution in [3.05, 3.63) is 81.7 Å². The van der Waals surface area contributed by atoms with Gasteiger partial charge in [-0.3, -0.25) is 0 Å². The molecule has 0 spiro atoms. The van der Waals surface area contributed by atoms with E-state index >= 15 is 0 Å². The van der Waals surface area contributed by atoms with Gasteiger partial charge in [-0.25, -0.2) is 0 Å². The molecule has 1 aromatic heterocycles. The van der Waals surface area contributed by atoms with Gasteiger partial charge in [-0.05, 0) is 66.7 Å². The average Bonchev–Trinajstić information content (AvgIpc) is 3.17. The molecule has 3 rings (SSSR count). The number of nitrogens with zero attached hydrogens (tertiary/aromatic N) is 1. The van der Waals surface area contributed by atoms with E-state index in [0.29, 0.717) is 28.2 Å². The van der Waals surface area contributed by atoms with Crippen LogP contribution in [0.3, 0.4) is 0 Å². The number of hydrogen-bond acceptors (Lipinski definition) is 3. The molecule has 0 saturated carbocycles. The SMILES string of the molecule is COc1cc(C)ccc1NC(=S)N(Cc1ccco1)Cc1ccc(Cl)cc1Cl. The number of aryl methyl sites for hydroxylation is 1. The number of methoxy groups -OCH3 is 1. The van der Waals surface area contributed by atoms with Gasteiger partial charge in [0.25, 0.3) is 0 Å². The minimum Gasteiger partial charge on any atom is -0.495 e. The molecule has 0 fully saturated rings. The number of hydrogen-bond donors (Lipinski definition) is 1. The maximum absolute atomic E-state index is 6.37. The van der Waals surface area contributed by atoms with Crippen LogP contribution in [0.25, 0.3) is 0 Å². The zero-order chi connectivity index (χ0) is 20.1. The lowest BCUT2D eigenvalue weighted by Crippen LogP contribution is -2.34. The van der Waals surface area contributed by atoms with Crippen LogP contribution in [-0.4, -0.2) is 17.1 Å². The summed E-state index contributed by atoms with van der Waals surface area (Å²) in [6.45, 7) is 3.00. The Labute approximate surface area is 180 Å². The third-order valence-corrected chi connectivity index (χ3v) is 5.14. The lowest BCUT2D eigenvalue weighted by atomic mass is 10.2. The Balaban J connectivity index is 1.84. The molecule has 0 saturated heterocycles. The molecule has 4 nitrogen and oxygen atoms in total. The van der Waals surface area contributed by atoms with Gasteiger partial charge in [-0.15, -0.1) is 0 Å². The first kappa shape index (κ1) is 20.5. The number of furan rings is 1. The van der Waals surface area contributed by atoms with E-state index in [1.807, 2.05) is 54.3 Å². The molecule has 0 atom stereocenters. The van der Waals surface area contributed by atoms with Crippen LogP contribution in [0.2, 0.25) is 10.0 Å². The first-order valence-electron chi connectivity index (χ1n) is 8.63. The second-order valence-electron chi connectivity index (χ2n) is 6.31. The fraction of sp³-hybridized carbons (Fsp3) is 0.190. The van der Waals surface area contributed by atoms with Crippen molar-refractivity contribution in [3.63, 3.8) is 0 Å². The normalized spacial score (nSPS) is 10.6. The lowest BCUT2D eigenvalue weighted by Gasteiger charge is -2.26. The Morgan fingerprint density at radius 2 is 1.96 bits per heavy atom. The summed E-state index contributed by atoms with van der Waals surface area (Å²) in [4.78, 5) is 1.97. The van der Waals surface area contributed by atoms with Gasteiger partial charge < -0.3 is 19.4 Å². The highest BCUT2D eigenvalue weighted by Gasteiger charge is 2.16.